The van der Waals surface area contributed by atoms with Crippen molar-refractivity contribution in [2.75, 3.05) is 26.7 Å². The van der Waals surface area contributed by atoms with Gasteiger partial charge < -0.3 is 10.1 Å². The summed E-state index contributed by atoms with van der Waals surface area (Å²) in [7, 11) is 1.56. The lowest BCUT2D eigenvalue weighted by Gasteiger charge is -2.33. The molecule has 0 radical (unpaired) electrons. The number of hydrogen-bond donors (Lipinski definition) is 1. The molecule has 1 saturated heterocycles. The third-order valence-electron chi connectivity index (χ3n) is 3.83. The van der Waals surface area contributed by atoms with Crippen molar-refractivity contribution in [3.05, 3.63) is 29.3 Å². The number of ketones is 1. The van der Waals surface area contributed by atoms with Gasteiger partial charge in [-0.2, -0.15) is 0 Å². The Labute approximate surface area is 125 Å². The number of ether oxygens (including phenoxy) is 1. The van der Waals surface area contributed by atoms with Gasteiger partial charge in [-0.05, 0) is 31.0 Å². The molecule has 1 atom stereocenters. The first kappa shape index (κ1) is 15.5. The first-order valence-corrected chi connectivity index (χ1v) is 7.26. The molecule has 1 aliphatic rings. The molecule has 21 heavy (non-hydrogen) atoms. The number of rotatable bonds is 5. The van der Waals surface area contributed by atoms with Crippen LogP contribution in [0.1, 0.15) is 29.3 Å². The first-order chi connectivity index (χ1) is 10.1. The largest absolute Gasteiger partial charge is 0.496 e. The van der Waals surface area contributed by atoms with Crippen LogP contribution < -0.4 is 10.1 Å². The van der Waals surface area contributed by atoms with Crippen molar-refractivity contribution < 1.29 is 14.3 Å². The number of benzene rings is 1. The average Bonchev–Trinajstić information content (AvgIpc) is 2.47. The maximum atomic E-state index is 12.5. The average molecular weight is 290 g/mol. The minimum atomic E-state index is -0.223. The summed E-state index contributed by atoms with van der Waals surface area (Å²) in [5, 5.41) is 2.84. The van der Waals surface area contributed by atoms with Crippen molar-refractivity contribution in [3.63, 3.8) is 0 Å². The predicted molar refractivity (Wildman–Crippen MR) is 80.7 cm³/mol. The van der Waals surface area contributed by atoms with Gasteiger partial charge in [-0.15, -0.1) is 0 Å². The third kappa shape index (κ3) is 3.42. The maximum absolute atomic E-state index is 12.5. The van der Waals surface area contributed by atoms with E-state index in [-0.39, 0.29) is 24.3 Å². The molecule has 5 heteroatoms. The van der Waals surface area contributed by atoms with Crippen LogP contribution in [0.2, 0.25) is 0 Å². The van der Waals surface area contributed by atoms with Crippen LogP contribution in [0, 0.1) is 6.92 Å². The molecule has 0 bridgehead atoms. The molecule has 114 valence electrons. The maximum Gasteiger partial charge on any atom is 0.237 e. The number of nitrogens with zero attached hydrogens (tertiary/aromatic N) is 1. The number of nitrogens with one attached hydrogen (secondary N) is 1. The quantitative estimate of drug-likeness (QED) is 0.833. The Hall–Kier alpha value is -1.88. The Morgan fingerprint density at radius 2 is 2.24 bits per heavy atom. The molecule has 1 N–H and O–H groups in total. The fourth-order valence-electron chi connectivity index (χ4n) is 2.69. The van der Waals surface area contributed by atoms with Crippen LogP contribution in [0.5, 0.6) is 5.75 Å². The van der Waals surface area contributed by atoms with Crippen LogP contribution in [0.15, 0.2) is 18.2 Å². The molecule has 5 nitrogen and oxygen atoms in total. The van der Waals surface area contributed by atoms with Crippen LogP contribution in [0.25, 0.3) is 0 Å². The highest BCUT2D eigenvalue weighted by atomic mass is 16.5. The van der Waals surface area contributed by atoms with Crippen LogP contribution in [-0.4, -0.2) is 49.4 Å². The SMILES string of the molecule is CCC1C(=O)NCCN1CC(=O)c1ccc(C)cc1OC. The summed E-state index contributed by atoms with van der Waals surface area (Å²) in [6.07, 6.45) is 0.699. The van der Waals surface area contributed by atoms with E-state index in [9.17, 15) is 9.59 Å². The van der Waals surface area contributed by atoms with Crippen LogP contribution in [-0.2, 0) is 4.79 Å². The summed E-state index contributed by atoms with van der Waals surface area (Å²) in [5.41, 5.74) is 1.62. The smallest absolute Gasteiger partial charge is 0.237 e. The zero-order valence-electron chi connectivity index (χ0n) is 12.8. The molecule has 2 rings (SSSR count). The molecule has 0 spiro atoms. The van der Waals surface area contributed by atoms with Gasteiger partial charge in [0.1, 0.15) is 5.75 Å². The van der Waals surface area contributed by atoms with Crippen molar-refractivity contribution in [1.82, 2.24) is 10.2 Å². The normalized spacial score (nSPS) is 19.2. The number of methoxy groups -OCH3 is 1. The number of hydrogen-bond acceptors (Lipinski definition) is 4. The molecule has 1 amide bonds. The van der Waals surface area contributed by atoms with Crippen molar-refractivity contribution in [2.24, 2.45) is 0 Å². The van der Waals surface area contributed by atoms with Gasteiger partial charge in [0, 0.05) is 13.1 Å². The van der Waals surface area contributed by atoms with E-state index in [0.717, 1.165) is 5.56 Å². The van der Waals surface area contributed by atoms with Crippen LogP contribution >= 0.6 is 0 Å². The summed E-state index contributed by atoms with van der Waals surface area (Å²) in [5.74, 6) is 0.585. The summed E-state index contributed by atoms with van der Waals surface area (Å²) in [6.45, 7) is 5.45. The van der Waals surface area contributed by atoms with E-state index in [4.69, 9.17) is 4.74 Å². The van der Waals surface area contributed by atoms with E-state index in [2.05, 4.69) is 5.32 Å². The molecule has 1 heterocycles. The molecule has 0 saturated carbocycles. The second-order valence-corrected chi connectivity index (χ2v) is 5.31. The van der Waals surface area contributed by atoms with E-state index in [1.165, 1.54) is 0 Å². The Bertz CT molecular complexity index is 542. The molecule has 1 fully saturated rings. The number of carbonyl (C=O) groups excluding carboxylic acids is 2. The van der Waals surface area contributed by atoms with Gasteiger partial charge in [-0.1, -0.05) is 13.0 Å². The Balaban J connectivity index is 2.15. The molecule has 1 unspecified atom stereocenters. The highest BCUT2D eigenvalue weighted by Crippen LogP contribution is 2.21. The van der Waals surface area contributed by atoms with Gasteiger partial charge >= 0.3 is 0 Å². The second-order valence-electron chi connectivity index (χ2n) is 5.31. The molecule has 0 aliphatic carbocycles. The summed E-state index contributed by atoms with van der Waals surface area (Å²) in [4.78, 5) is 26.3. The monoisotopic (exact) mass is 290 g/mol. The number of piperazine rings is 1. The number of amides is 1. The Morgan fingerprint density at radius 3 is 2.90 bits per heavy atom. The summed E-state index contributed by atoms with van der Waals surface area (Å²) in [6, 6.07) is 5.32. The van der Waals surface area contributed by atoms with Gasteiger partial charge in [-0.25, -0.2) is 0 Å². The lowest BCUT2D eigenvalue weighted by Crippen LogP contribution is -2.56. The summed E-state index contributed by atoms with van der Waals surface area (Å²) >= 11 is 0. The standard InChI is InChI=1S/C16H22N2O3/c1-4-13-16(20)17-7-8-18(13)10-14(19)12-6-5-11(2)9-15(12)21-3/h5-6,9,13H,4,7-8,10H2,1-3H3,(H,17,20). The fraction of sp³-hybridized carbons (Fsp3) is 0.500. The highest BCUT2D eigenvalue weighted by Gasteiger charge is 2.29. The zero-order chi connectivity index (χ0) is 15.4. The van der Waals surface area contributed by atoms with Gasteiger partial charge in [0.05, 0.1) is 25.3 Å². The molecule has 1 aliphatic heterocycles. The molecule has 1 aromatic carbocycles. The van der Waals surface area contributed by atoms with Gasteiger partial charge in [-0.3, -0.25) is 14.5 Å². The minimum Gasteiger partial charge on any atom is -0.496 e. The topological polar surface area (TPSA) is 58.6 Å². The number of carbonyl (C=O) groups is 2. The Morgan fingerprint density at radius 1 is 1.48 bits per heavy atom. The van der Waals surface area contributed by atoms with Crippen molar-refractivity contribution in [2.45, 2.75) is 26.3 Å². The lowest BCUT2D eigenvalue weighted by atomic mass is 10.0. The molecule has 1 aromatic rings. The van der Waals surface area contributed by atoms with E-state index < -0.39 is 0 Å². The van der Waals surface area contributed by atoms with E-state index in [1.807, 2.05) is 30.9 Å². The third-order valence-corrected chi connectivity index (χ3v) is 3.83. The summed E-state index contributed by atoms with van der Waals surface area (Å²) < 4.78 is 5.29. The second kappa shape index (κ2) is 6.72. The van der Waals surface area contributed by atoms with Crippen LogP contribution in [0.4, 0.5) is 0 Å². The number of Topliss-reactive ketones (excluding diaryl/α,β-unsaturated/α-hetero) is 1. The predicted octanol–water partition coefficient (Wildman–Crippen LogP) is 1.40. The molecular formula is C16H22N2O3. The number of aryl methyl sites for hydroxylation is 1. The fourth-order valence-corrected chi connectivity index (χ4v) is 2.69. The molecule has 0 aromatic heterocycles. The van der Waals surface area contributed by atoms with Crippen LogP contribution in [0.3, 0.4) is 0 Å². The Kier molecular flexibility index (Phi) is 4.96. The van der Waals surface area contributed by atoms with Gasteiger partial charge in [0.25, 0.3) is 0 Å². The van der Waals surface area contributed by atoms with E-state index in [0.29, 0.717) is 30.8 Å². The molecular weight excluding hydrogens is 268 g/mol. The van der Waals surface area contributed by atoms with Gasteiger partial charge in [0.15, 0.2) is 5.78 Å². The van der Waals surface area contributed by atoms with Crippen molar-refractivity contribution in [3.8, 4) is 5.75 Å². The lowest BCUT2D eigenvalue weighted by molar-refractivity contribution is -0.128. The van der Waals surface area contributed by atoms with E-state index >= 15 is 0 Å². The highest BCUT2D eigenvalue weighted by molar-refractivity contribution is 6.00. The minimum absolute atomic E-state index is 0.00687. The zero-order valence-corrected chi connectivity index (χ0v) is 12.8. The van der Waals surface area contributed by atoms with Crippen molar-refractivity contribution in [1.29, 1.82) is 0 Å². The van der Waals surface area contributed by atoms with Crippen molar-refractivity contribution >= 4 is 11.7 Å². The van der Waals surface area contributed by atoms with Gasteiger partial charge in [0.2, 0.25) is 5.91 Å². The first-order valence-electron chi connectivity index (χ1n) is 7.26. The van der Waals surface area contributed by atoms with E-state index in [1.54, 1.807) is 13.2 Å².